The molecule has 1 amide bonds. The summed E-state index contributed by atoms with van der Waals surface area (Å²) in [5, 5.41) is 8.44. The second-order valence-electron chi connectivity index (χ2n) is 3.82. The quantitative estimate of drug-likeness (QED) is 0.661. The minimum absolute atomic E-state index is 0.0542. The largest absolute Gasteiger partial charge is 0.481 e. The van der Waals surface area contributed by atoms with Crippen LogP contribution in [-0.4, -0.2) is 48.1 Å². The maximum Gasteiger partial charge on any atom is 0.310 e. The molecule has 0 bridgehead atoms. The van der Waals surface area contributed by atoms with Crippen LogP contribution in [0.5, 0.6) is 0 Å². The van der Waals surface area contributed by atoms with Crippen LogP contribution in [0.25, 0.3) is 0 Å². The highest BCUT2D eigenvalue weighted by molar-refractivity contribution is 5.81. The summed E-state index contributed by atoms with van der Waals surface area (Å²) in [7, 11) is 1.54. The van der Waals surface area contributed by atoms with Gasteiger partial charge in [-0.25, -0.2) is 0 Å². The number of rotatable bonds is 7. The van der Waals surface area contributed by atoms with Gasteiger partial charge in [0.1, 0.15) is 0 Å². The van der Waals surface area contributed by atoms with Crippen molar-refractivity contribution in [3.8, 4) is 0 Å². The number of hydrogen-bond donors (Lipinski definition) is 1. The molecule has 17 heavy (non-hydrogen) atoms. The maximum atomic E-state index is 11.5. The molecule has 6 heteroatoms. The molecule has 98 valence electrons. The van der Waals surface area contributed by atoms with Crippen LogP contribution in [0.15, 0.2) is 0 Å². The number of carboxylic acids is 1. The topological polar surface area (TPSA) is 83.9 Å². The van der Waals surface area contributed by atoms with Gasteiger partial charge in [-0.3, -0.25) is 14.4 Å². The summed E-state index contributed by atoms with van der Waals surface area (Å²) in [6.45, 7) is 3.92. The van der Waals surface area contributed by atoms with Gasteiger partial charge in [-0.2, -0.15) is 0 Å². The van der Waals surface area contributed by atoms with Gasteiger partial charge in [-0.15, -0.1) is 0 Å². The normalized spacial score (nSPS) is 11.7. The van der Waals surface area contributed by atoms with Gasteiger partial charge in [0.15, 0.2) is 0 Å². The Hall–Kier alpha value is -1.59. The fourth-order valence-electron chi connectivity index (χ4n) is 1.28. The van der Waals surface area contributed by atoms with Gasteiger partial charge < -0.3 is 14.7 Å². The molecule has 0 rings (SSSR count). The monoisotopic (exact) mass is 245 g/mol. The molecule has 1 unspecified atom stereocenters. The smallest absolute Gasteiger partial charge is 0.310 e. The standard InChI is InChI=1S/C11H19NO5/c1-4-17-11(16)8(2)7-12(3)9(13)5-6-10(14)15/h8H,4-7H2,1-3H3,(H,14,15). The zero-order valence-corrected chi connectivity index (χ0v) is 10.4. The Morgan fingerprint density at radius 2 is 1.88 bits per heavy atom. The third-order valence-corrected chi connectivity index (χ3v) is 2.22. The van der Waals surface area contributed by atoms with Crippen molar-refractivity contribution in [1.82, 2.24) is 4.90 Å². The molecule has 0 radical (unpaired) electrons. The summed E-state index contributed by atoms with van der Waals surface area (Å²) in [5.74, 6) is -2.06. The summed E-state index contributed by atoms with van der Waals surface area (Å²) in [6, 6.07) is 0. The van der Waals surface area contributed by atoms with Crippen LogP contribution >= 0.6 is 0 Å². The molecule has 0 aliphatic rings. The predicted octanol–water partition coefficient (Wildman–Crippen LogP) is 0.509. The first-order valence-electron chi connectivity index (χ1n) is 5.50. The number of esters is 1. The third-order valence-electron chi connectivity index (χ3n) is 2.22. The van der Waals surface area contributed by atoms with E-state index >= 15 is 0 Å². The van der Waals surface area contributed by atoms with E-state index < -0.39 is 11.9 Å². The summed E-state index contributed by atoms with van der Waals surface area (Å²) in [5.41, 5.74) is 0. The van der Waals surface area contributed by atoms with Crippen LogP contribution < -0.4 is 0 Å². The van der Waals surface area contributed by atoms with Gasteiger partial charge in [0.2, 0.25) is 5.91 Å². The molecular formula is C11H19NO5. The fraction of sp³-hybridized carbons (Fsp3) is 0.727. The van der Waals surface area contributed by atoms with Crippen molar-refractivity contribution in [2.45, 2.75) is 26.7 Å². The molecular weight excluding hydrogens is 226 g/mol. The molecule has 0 fully saturated rings. The van der Waals surface area contributed by atoms with Crippen LogP contribution in [0.4, 0.5) is 0 Å². The number of hydrogen-bond acceptors (Lipinski definition) is 4. The predicted molar refractivity (Wildman–Crippen MR) is 60.3 cm³/mol. The molecule has 0 spiro atoms. The van der Waals surface area contributed by atoms with E-state index in [0.29, 0.717) is 6.61 Å². The number of carbonyl (C=O) groups is 3. The van der Waals surface area contributed by atoms with Crippen molar-refractivity contribution in [2.75, 3.05) is 20.2 Å². The van der Waals surface area contributed by atoms with Crippen molar-refractivity contribution in [3.05, 3.63) is 0 Å². The van der Waals surface area contributed by atoms with E-state index in [0.717, 1.165) is 0 Å². The first kappa shape index (κ1) is 15.4. The Kier molecular flexibility index (Phi) is 6.93. The number of nitrogens with zero attached hydrogens (tertiary/aromatic N) is 1. The zero-order chi connectivity index (χ0) is 13.4. The van der Waals surface area contributed by atoms with Crippen LogP contribution in [0.2, 0.25) is 0 Å². The molecule has 0 saturated heterocycles. The Bertz CT molecular complexity index is 290. The lowest BCUT2D eigenvalue weighted by atomic mass is 10.1. The van der Waals surface area contributed by atoms with Gasteiger partial charge >= 0.3 is 11.9 Å². The molecule has 6 nitrogen and oxygen atoms in total. The van der Waals surface area contributed by atoms with Crippen molar-refractivity contribution < 1.29 is 24.2 Å². The molecule has 1 atom stereocenters. The van der Waals surface area contributed by atoms with Gasteiger partial charge in [0.05, 0.1) is 18.9 Å². The van der Waals surface area contributed by atoms with Gasteiger partial charge in [0.25, 0.3) is 0 Å². The maximum absolute atomic E-state index is 11.5. The van der Waals surface area contributed by atoms with Crippen LogP contribution in [0.3, 0.4) is 0 Å². The zero-order valence-electron chi connectivity index (χ0n) is 10.4. The van der Waals surface area contributed by atoms with E-state index in [4.69, 9.17) is 9.84 Å². The number of aliphatic carboxylic acids is 1. The molecule has 0 saturated carbocycles. The van der Waals surface area contributed by atoms with Crippen molar-refractivity contribution >= 4 is 17.8 Å². The second kappa shape index (κ2) is 7.65. The Balaban J connectivity index is 4.06. The highest BCUT2D eigenvalue weighted by atomic mass is 16.5. The minimum atomic E-state index is -1.01. The van der Waals surface area contributed by atoms with E-state index in [1.807, 2.05) is 0 Å². The third kappa shape index (κ3) is 6.55. The number of amides is 1. The van der Waals surface area contributed by atoms with Crippen LogP contribution in [0, 0.1) is 5.92 Å². The first-order valence-corrected chi connectivity index (χ1v) is 5.50. The lowest BCUT2D eigenvalue weighted by molar-refractivity contribution is -0.149. The fourth-order valence-corrected chi connectivity index (χ4v) is 1.28. The average Bonchev–Trinajstić information content (AvgIpc) is 2.25. The van der Waals surface area contributed by atoms with Gasteiger partial charge in [-0.1, -0.05) is 6.92 Å². The Morgan fingerprint density at radius 1 is 1.29 bits per heavy atom. The van der Waals surface area contributed by atoms with E-state index in [9.17, 15) is 14.4 Å². The second-order valence-corrected chi connectivity index (χ2v) is 3.82. The van der Waals surface area contributed by atoms with Crippen LogP contribution in [0.1, 0.15) is 26.7 Å². The molecule has 1 N–H and O–H groups in total. The lowest BCUT2D eigenvalue weighted by Gasteiger charge is -2.20. The lowest BCUT2D eigenvalue weighted by Crippen LogP contribution is -2.34. The summed E-state index contributed by atoms with van der Waals surface area (Å²) in [6.07, 6.45) is -0.252. The highest BCUT2D eigenvalue weighted by Gasteiger charge is 2.19. The highest BCUT2D eigenvalue weighted by Crippen LogP contribution is 2.04. The minimum Gasteiger partial charge on any atom is -0.481 e. The number of ether oxygens (including phenoxy) is 1. The molecule has 0 aliphatic carbocycles. The summed E-state index contributed by atoms with van der Waals surface area (Å²) in [4.78, 5) is 34.4. The first-order chi connectivity index (χ1) is 7.88. The van der Waals surface area contributed by atoms with E-state index in [1.165, 1.54) is 4.90 Å². The summed E-state index contributed by atoms with van der Waals surface area (Å²) >= 11 is 0. The van der Waals surface area contributed by atoms with Crippen LogP contribution in [-0.2, 0) is 19.1 Å². The molecule has 0 aromatic rings. The number of carboxylic acid groups (broad SMARTS) is 1. The Morgan fingerprint density at radius 3 is 2.35 bits per heavy atom. The Labute approximate surface area is 101 Å². The van der Waals surface area contributed by atoms with E-state index in [-0.39, 0.29) is 31.3 Å². The molecule has 0 aromatic heterocycles. The van der Waals surface area contributed by atoms with E-state index in [1.54, 1.807) is 20.9 Å². The number of carbonyl (C=O) groups excluding carboxylic acids is 2. The average molecular weight is 245 g/mol. The molecule has 0 aliphatic heterocycles. The molecule has 0 aromatic carbocycles. The van der Waals surface area contributed by atoms with Crippen molar-refractivity contribution in [3.63, 3.8) is 0 Å². The van der Waals surface area contributed by atoms with Gasteiger partial charge in [-0.05, 0) is 6.92 Å². The molecule has 0 heterocycles. The van der Waals surface area contributed by atoms with E-state index in [2.05, 4.69) is 0 Å². The van der Waals surface area contributed by atoms with Gasteiger partial charge in [0, 0.05) is 20.0 Å². The summed E-state index contributed by atoms with van der Waals surface area (Å²) < 4.78 is 4.81. The van der Waals surface area contributed by atoms with Crippen molar-refractivity contribution in [2.24, 2.45) is 5.92 Å². The SMILES string of the molecule is CCOC(=O)C(C)CN(C)C(=O)CCC(=O)O. The van der Waals surface area contributed by atoms with Crippen molar-refractivity contribution in [1.29, 1.82) is 0 Å².